The maximum atomic E-state index is 11.8. The quantitative estimate of drug-likeness (QED) is 0.565. The summed E-state index contributed by atoms with van der Waals surface area (Å²) in [7, 11) is 0. The lowest BCUT2D eigenvalue weighted by Gasteiger charge is -2.31. The van der Waals surface area contributed by atoms with Crippen LogP contribution < -0.4 is 0 Å². The molecule has 6 nitrogen and oxygen atoms in total. The molecular weight excluding hydrogens is 252 g/mol. The van der Waals surface area contributed by atoms with Crippen molar-refractivity contribution >= 4 is 11.9 Å². The van der Waals surface area contributed by atoms with Gasteiger partial charge in [-0.2, -0.15) is 0 Å². The molecule has 1 rings (SSSR count). The fourth-order valence-electron chi connectivity index (χ4n) is 1.52. The lowest BCUT2D eigenvalue weighted by atomic mass is 10.3. The molecule has 2 unspecified atom stereocenters. The zero-order chi connectivity index (χ0) is 14.3. The Bertz CT molecular complexity index is 330. The molecule has 1 heterocycles. The van der Waals surface area contributed by atoms with Crippen LogP contribution in [0.4, 0.5) is 0 Å². The Labute approximate surface area is 112 Å². The molecule has 1 fully saturated rings. The monoisotopic (exact) mass is 272 g/mol. The number of hydrogen-bond donors (Lipinski definition) is 0. The molecule has 0 radical (unpaired) electrons. The van der Waals surface area contributed by atoms with Crippen LogP contribution in [0.25, 0.3) is 0 Å². The predicted molar refractivity (Wildman–Crippen MR) is 66.3 cm³/mol. The summed E-state index contributed by atoms with van der Waals surface area (Å²) in [6, 6.07) is 0. The molecule has 2 atom stereocenters. The number of carbonyl (C=O) groups excluding carboxylic acids is 2. The summed E-state index contributed by atoms with van der Waals surface area (Å²) in [5.74, 6) is -2.50. The van der Waals surface area contributed by atoms with E-state index in [0.717, 1.165) is 18.9 Å². The van der Waals surface area contributed by atoms with Crippen molar-refractivity contribution in [1.29, 1.82) is 0 Å². The van der Waals surface area contributed by atoms with Crippen molar-refractivity contribution in [3.05, 3.63) is 12.7 Å². The fourth-order valence-corrected chi connectivity index (χ4v) is 1.52. The Kier molecular flexibility index (Phi) is 5.98. The van der Waals surface area contributed by atoms with Gasteiger partial charge in [-0.1, -0.05) is 6.58 Å². The van der Waals surface area contributed by atoms with Crippen LogP contribution in [-0.2, 0) is 28.5 Å². The second-order valence-corrected chi connectivity index (χ2v) is 4.45. The minimum absolute atomic E-state index is 0.154. The van der Waals surface area contributed by atoms with Crippen molar-refractivity contribution in [2.45, 2.75) is 38.6 Å². The van der Waals surface area contributed by atoms with Gasteiger partial charge in [-0.15, -0.1) is 0 Å². The van der Waals surface area contributed by atoms with Crippen molar-refractivity contribution in [2.24, 2.45) is 0 Å². The van der Waals surface area contributed by atoms with Gasteiger partial charge in [0.2, 0.25) is 5.79 Å². The van der Waals surface area contributed by atoms with E-state index >= 15 is 0 Å². The van der Waals surface area contributed by atoms with Crippen LogP contribution in [0.2, 0.25) is 0 Å². The molecule has 108 valence electrons. The molecule has 0 saturated carbocycles. The van der Waals surface area contributed by atoms with Gasteiger partial charge in [-0.05, 0) is 19.8 Å². The van der Waals surface area contributed by atoms with Crippen LogP contribution in [0, 0.1) is 0 Å². The topological polar surface area (TPSA) is 71.1 Å². The fraction of sp³-hybridized carbons (Fsp3) is 0.692. The Hall–Kier alpha value is -1.40. The van der Waals surface area contributed by atoms with Gasteiger partial charge in [0.15, 0.2) is 6.10 Å². The summed E-state index contributed by atoms with van der Waals surface area (Å²) in [5.41, 5.74) is 0. The first kappa shape index (κ1) is 15.7. The van der Waals surface area contributed by atoms with Crippen LogP contribution >= 0.6 is 0 Å². The summed E-state index contributed by atoms with van der Waals surface area (Å²) in [5, 5.41) is 0. The van der Waals surface area contributed by atoms with Crippen molar-refractivity contribution in [2.75, 3.05) is 19.8 Å². The molecule has 0 spiro atoms. The summed E-state index contributed by atoms with van der Waals surface area (Å²) in [6.07, 6.45) is 1.73. The first-order chi connectivity index (χ1) is 8.97. The summed E-state index contributed by atoms with van der Waals surface area (Å²) in [4.78, 5) is 22.8. The van der Waals surface area contributed by atoms with E-state index < -0.39 is 23.8 Å². The maximum absolute atomic E-state index is 11.8. The van der Waals surface area contributed by atoms with Crippen molar-refractivity contribution < 1.29 is 28.5 Å². The molecule has 0 bridgehead atoms. The van der Waals surface area contributed by atoms with Crippen LogP contribution in [0.15, 0.2) is 12.7 Å². The van der Waals surface area contributed by atoms with E-state index in [-0.39, 0.29) is 6.61 Å². The lowest BCUT2D eigenvalue weighted by Crippen LogP contribution is -2.43. The Balaban J connectivity index is 2.52. The second kappa shape index (κ2) is 7.25. The average Bonchev–Trinajstić information content (AvgIpc) is 2.34. The van der Waals surface area contributed by atoms with E-state index in [2.05, 4.69) is 6.58 Å². The largest absolute Gasteiger partial charge is 0.447 e. The molecule has 0 amide bonds. The molecule has 0 aliphatic carbocycles. The van der Waals surface area contributed by atoms with E-state index in [4.69, 9.17) is 18.9 Å². The standard InChI is InChI=1S/C13H20O6/c1-4-11(14)18-10(2)12(15)19-13(3)9-16-7-5-6-8-17-13/h4,10H,1,5-9H2,2-3H3. The van der Waals surface area contributed by atoms with Gasteiger partial charge in [0.1, 0.15) is 6.61 Å². The van der Waals surface area contributed by atoms with Crippen LogP contribution in [-0.4, -0.2) is 43.7 Å². The minimum atomic E-state index is -1.15. The maximum Gasteiger partial charge on any atom is 0.349 e. The van der Waals surface area contributed by atoms with Crippen molar-refractivity contribution in [1.82, 2.24) is 0 Å². The second-order valence-electron chi connectivity index (χ2n) is 4.45. The van der Waals surface area contributed by atoms with Gasteiger partial charge in [-0.3, -0.25) is 0 Å². The zero-order valence-electron chi connectivity index (χ0n) is 11.3. The molecule has 1 aliphatic rings. The highest BCUT2D eigenvalue weighted by Gasteiger charge is 2.33. The lowest BCUT2D eigenvalue weighted by molar-refractivity contribution is -0.253. The van der Waals surface area contributed by atoms with Crippen LogP contribution in [0.5, 0.6) is 0 Å². The highest BCUT2D eigenvalue weighted by Crippen LogP contribution is 2.18. The Morgan fingerprint density at radius 1 is 1.37 bits per heavy atom. The first-order valence-corrected chi connectivity index (χ1v) is 6.24. The number of ether oxygens (including phenoxy) is 4. The smallest absolute Gasteiger partial charge is 0.349 e. The van der Waals surface area contributed by atoms with Gasteiger partial charge >= 0.3 is 11.9 Å². The molecule has 19 heavy (non-hydrogen) atoms. The van der Waals surface area contributed by atoms with Gasteiger partial charge in [0, 0.05) is 19.6 Å². The number of hydrogen-bond acceptors (Lipinski definition) is 6. The van der Waals surface area contributed by atoms with Crippen molar-refractivity contribution in [3.63, 3.8) is 0 Å². The highest BCUT2D eigenvalue weighted by atomic mass is 16.7. The Morgan fingerprint density at radius 3 is 2.74 bits per heavy atom. The van der Waals surface area contributed by atoms with E-state index in [1.807, 2.05) is 0 Å². The Morgan fingerprint density at radius 2 is 2.05 bits per heavy atom. The van der Waals surface area contributed by atoms with Gasteiger partial charge < -0.3 is 18.9 Å². The average molecular weight is 272 g/mol. The van der Waals surface area contributed by atoms with E-state index in [1.54, 1.807) is 6.92 Å². The van der Waals surface area contributed by atoms with Gasteiger partial charge in [0.05, 0.1) is 6.61 Å². The van der Waals surface area contributed by atoms with Gasteiger partial charge in [-0.25, -0.2) is 9.59 Å². The molecule has 0 N–H and O–H groups in total. The summed E-state index contributed by atoms with van der Waals surface area (Å²) >= 11 is 0. The minimum Gasteiger partial charge on any atom is -0.447 e. The number of rotatable bonds is 4. The normalized spacial score (nSPS) is 25.6. The van der Waals surface area contributed by atoms with E-state index in [0.29, 0.717) is 13.2 Å². The summed E-state index contributed by atoms with van der Waals surface area (Å²) < 4.78 is 20.8. The third kappa shape index (κ3) is 5.40. The predicted octanol–water partition coefficient (Wildman–Crippen LogP) is 1.19. The number of esters is 2. The van der Waals surface area contributed by atoms with Crippen molar-refractivity contribution in [3.8, 4) is 0 Å². The molecule has 1 saturated heterocycles. The number of carbonyl (C=O) groups is 2. The van der Waals surface area contributed by atoms with Gasteiger partial charge in [0.25, 0.3) is 0 Å². The molecular formula is C13H20O6. The molecule has 0 aromatic heterocycles. The van der Waals surface area contributed by atoms with E-state index in [1.165, 1.54) is 6.92 Å². The first-order valence-electron chi connectivity index (χ1n) is 6.24. The third-order valence-corrected chi connectivity index (χ3v) is 2.56. The van der Waals surface area contributed by atoms with Crippen LogP contribution in [0.3, 0.4) is 0 Å². The SMILES string of the molecule is C=CC(=O)OC(C)C(=O)OC1(C)COCCCCO1. The summed E-state index contributed by atoms with van der Waals surface area (Å²) in [6.45, 7) is 7.56. The molecule has 0 aromatic rings. The van der Waals surface area contributed by atoms with Crippen LogP contribution in [0.1, 0.15) is 26.7 Å². The highest BCUT2D eigenvalue weighted by molar-refractivity contribution is 5.85. The third-order valence-electron chi connectivity index (χ3n) is 2.56. The molecule has 1 aliphatic heterocycles. The zero-order valence-corrected chi connectivity index (χ0v) is 11.3. The molecule has 6 heteroatoms. The van der Waals surface area contributed by atoms with E-state index in [9.17, 15) is 9.59 Å². The molecule has 0 aromatic carbocycles.